The standard InChI is InChI=1S/C13H23N3/c1-2-16-8-7-11(10-16)9-15-13-5-3-12(14)4-6-13/h7-8,10,12-13,15H,2-6,9,14H2,1H3. The molecule has 3 N–H and O–H groups in total. The van der Waals surface area contributed by atoms with Crippen molar-refractivity contribution in [2.75, 3.05) is 0 Å². The van der Waals surface area contributed by atoms with Gasteiger partial charge in [0.2, 0.25) is 0 Å². The molecule has 1 heterocycles. The summed E-state index contributed by atoms with van der Waals surface area (Å²) in [5, 5.41) is 3.63. The summed E-state index contributed by atoms with van der Waals surface area (Å²) in [5.41, 5.74) is 7.28. The highest BCUT2D eigenvalue weighted by molar-refractivity contribution is 5.10. The highest BCUT2D eigenvalue weighted by Gasteiger charge is 2.17. The molecule has 0 radical (unpaired) electrons. The third-order valence-electron chi connectivity index (χ3n) is 3.54. The fourth-order valence-corrected chi connectivity index (χ4v) is 2.38. The molecular weight excluding hydrogens is 198 g/mol. The van der Waals surface area contributed by atoms with Gasteiger partial charge >= 0.3 is 0 Å². The van der Waals surface area contributed by atoms with E-state index in [0.717, 1.165) is 13.1 Å². The minimum absolute atomic E-state index is 0.444. The number of aromatic nitrogens is 1. The van der Waals surface area contributed by atoms with Gasteiger partial charge in [0, 0.05) is 37.6 Å². The van der Waals surface area contributed by atoms with Gasteiger partial charge in [0.15, 0.2) is 0 Å². The zero-order valence-electron chi connectivity index (χ0n) is 10.2. The molecule has 0 aliphatic heterocycles. The minimum atomic E-state index is 0.444. The second-order valence-electron chi connectivity index (χ2n) is 4.84. The van der Waals surface area contributed by atoms with Crippen LogP contribution in [0.25, 0.3) is 0 Å². The monoisotopic (exact) mass is 221 g/mol. The Labute approximate surface area is 98.0 Å². The number of hydrogen-bond acceptors (Lipinski definition) is 2. The molecule has 1 aromatic heterocycles. The van der Waals surface area contributed by atoms with Crippen molar-refractivity contribution in [2.24, 2.45) is 5.73 Å². The Morgan fingerprint density at radius 2 is 2.12 bits per heavy atom. The van der Waals surface area contributed by atoms with Gasteiger partial charge in [0.05, 0.1) is 0 Å². The summed E-state index contributed by atoms with van der Waals surface area (Å²) in [6.07, 6.45) is 9.18. The average molecular weight is 221 g/mol. The van der Waals surface area contributed by atoms with E-state index in [9.17, 15) is 0 Å². The van der Waals surface area contributed by atoms with Crippen molar-refractivity contribution in [2.45, 2.75) is 57.8 Å². The zero-order chi connectivity index (χ0) is 11.4. The first-order valence-corrected chi connectivity index (χ1v) is 6.41. The van der Waals surface area contributed by atoms with Gasteiger partial charge < -0.3 is 15.6 Å². The Morgan fingerprint density at radius 1 is 1.38 bits per heavy atom. The molecule has 0 amide bonds. The van der Waals surface area contributed by atoms with E-state index in [1.54, 1.807) is 0 Å². The maximum Gasteiger partial charge on any atom is 0.0223 e. The van der Waals surface area contributed by atoms with Crippen molar-refractivity contribution >= 4 is 0 Å². The topological polar surface area (TPSA) is 43.0 Å². The summed E-state index contributed by atoms with van der Waals surface area (Å²) in [6, 6.07) is 3.31. The summed E-state index contributed by atoms with van der Waals surface area (Å²) < 4.78 is 2.22. The van der Waals surface area contributed by atoms with Crippen LogP contribution in [0.5, 0.6) is 0 Å². The second-order valence-corrected chi connectivity index (χ2v) is 4.84. The SMILES string of the molecule is CCn1ccc(CNC2CCC(N)CC2)c1. The van der Waals surface area contributed by atoms with Gasteiger partial charge in [-0.15, -0.1) is 0 Å². The molecule has 1 saturated carbocycles. The Balaban J connectivity index is 1.74. The summed E-state index contributed by atoms with van der Waals surface area (Å²) in [7, 11) is 0. The molecule has 0 atom stereocenters. The van der Waals surface area contributed by atoms with E-state index in [2.05, 4.69) is 35.3 Å². The number of nitrogens with two attached hydrogens (primary N) is 1. The second kappa shape index (κ2) is 5.51. The van der Waals surface area contributed by atoms with Crippen LogP contribution >= 0.6 is 0 Å². The van der Waals surface area contributed by atoms with Gasteiger partial charge in [-0.3, -0.25) is 0 Å². The van der Waals surface area contributed by atoms with Crippen molar-refractivity contribution < 1.29 is 0 Å². The first-order valence-electron chi connectivity index (χ1n) is 6.41. The summed E-state index contributed by atoms with van der Waals surface area (Å²) in [5.74, 6) is 0. The smallest absolute Gasteiger partial charge is 0.0223 e. The number of nitrogens with zero attached hydrogens (tertiary/aromatic N) is 1. The van der Waals surface area contributed by atoms with E-state index in [0.29, 0.717) is 12.1 Å². The van der Waals surface area contributed by atoms with Crippen LogP contribution in [0, 0.1) is 0 Å². The number of hydrogen-bond donors (Lipinski definition) is 2. The lowest BCUT2D eigenvalue weighted by atomic mass is 9.92. The van der Waals surface area contributed by atoms with Crippen molar-refractivity contribution in [1.82, 2.24) is 9.88 Å². The molecule has 1 aliphatic rings. The molecule has 0 aromatic carbocycles. The van der Waals surface area contributed by atoms with Crippen LogP contribution in [-0.4, -0.2) is 16.7 Å². The van der Waals surface area contributed by atoms with Crippen LogP contribution in [-0.2, 0) is 13.1 Å². The maximum absolute atomic E-state index is 5.89. The molecule has 0 spiro atoms. The van der Waals surface area contributed by atoms with Crippen LogP contribution < -0.4 is 11.1 Å². The van der Waals surface area contributed by atoms with E-state index >= 15 is 0 Å². The lowest BCUT2D eigenvalue weighted by Gasteiger charge is -2.26. The molecule has 1 aromatic rings. The van der Waals surface area contributed by atoms with E-state index < -0.39 is 0 Å². The molecule has 2 rings (SSSR count). The van der Waals surface area contributed by atoms with Crippen molar-refractivity contribution in [3.05, 3.63) is 24.0 Å². The van der Waals surface area contributed by atoms with Crippen LogP contribution in [0.2, 0.25) is 0 Å². The van der Waals surface area contributed by atoms with Gasteiger partial charge in [-0.2, -0.15) is 0 Å². The van der Waals surface area contributed by atoms with Crippen LogP contribution in [0.4, 0.5) is 0 Å². The molecule has 0 bridgehead atoms. The summed E-state index contributed by atoms with van der Waals surface area (Å²) in [6.45, 7) is 4.21. The van der Waals surface area contributed by atoms with Crippen molar-refractivity contribution in [1.29, 1.82) is 0 Å². The minimum Gasteiger partial charge on any atom is -0.354 e. The van der Waals surface area contributed by atoms with Crippen LogP contribution in [0.1, 0.15) is 38.2 Å². The van der Waals surface area contributed by atoms with Crippen LogP contribution in [0.3, 0.4) is 0 Å². The fraction of sp³-hybridized carbons (Fsp3) is 0.692. The number of nitrogens with one attached hydrogen (secondary N) is 1. The Kier molecular flexibility index (Phi) is 4.02. The summed E-state index contributed by atoms with van der Waals surface area (Å²) in [4.78, 5) is 0. The largest absolute Gasteiger partial charge is 0.354 e. The number of aryl methyl sites for hydroxylation is 1. The predicted octanol–water partition coefficient (Wildman–Crippen LogP) is 1.87. The van der Waals surface area contributed by atoms with Gasteiger partial charge in [0.1, 0.15) is 0 Å². The third-order valence-corrected chi connectivity index (χ3v) is 3.54. The van der Waals surface area contributed by atoms with E-state index in [-0.39, 0.29) is 0 Å². The molecule has 90 valence electrons. The van der Waals surface area contributed by atoms with Crippen molar-refractivity contribution in [3.63, 3.8) is 0 Å². The highest BCUT2D eigenvalue weighted by Crippen LogP contribution is 2.17. The normalized spacial score (nSPS) is 25.9. The first kappa shape index (κ1) is 11.7. The molecule has 1 aliphatic carbocycles. The van der Waals surface area contributed by atoms with Gasteiger partial charge in [-0.25, -0.2) is 0 Å². The Morgan fingerprint density at radius 3 is 2.75 bits per heavy atom. The maximum atomic E-state index is 5.89. The quantitative estimate of drug-likeness (QED) is 0.815. The first-order chi connectivity index (χ1) is 7.78. The summed E-state index contributed by atoms with van der Waals surface area (Å²) >= 11 is 0. The molecule has 3 heteroatoms. The van der Waals surface area contributed by atoms with E-state index in [1.807, 2.05) is 0 Å². The van der Waals surface area contributed by atoms with Crippen molar-refractivity contribution in [3.8, 4) is 0 Å². The Hall–Kier alpha value is -0.800. The molecule has 0 unspecified atom stereocenters. The molecule has 16 heavy (non-hydrogen) atoms. The average Bonchev–Trinajstić information content (AvgIpc) is 2.76. The fourth-order valence-electron chi connectivity index (χ4n) is 2.38. The third kappa shape index (κ3) is 3.09. The van der Waals surface area contributed by atoms with Gasteiger partial charge in [0.25, 0.3) is 0 Å². The van der Waals surface area contributed by atoms with Crippen LogP contribution in [0.15, 0.2) is 18.5 Å². The molecule has 0 saturated heterocycles. The van der Waals surface area contributed by atoms with E-state index in [4.69, 9.17) is 5.73 Å². The predicted molar refractivity (Wildman–Crippen MR) is 67.2 cm³/mol. The molecule has 1 fully saturated rings. The highest BCUT2D eigenvalue weighted by atomic mass is 15.0. The van der Waals surface area contributed by atoms with Gasteiger partial charge in [-0.1, -0.05) is 0 Å². The number of rotatable bonds is 4. The van der Waals surface area contributed by atoms with E-state index in [1.165, 1.54) is 31.2 Å². The Bertz CT molecular complexity index is 311. The zero-order valence-corrected chi connectivity index (χ0v) is 10.2. The molecule has 3 nitrogen and oxygen atoms in total. The molecular formula is C13H23N3. The van der Waals surface area contributed by atoms with Gasteiger partial charge in [-0.05, 0) is 44.2 Å². The lowest BCUT2D eigenvalue weighted by Crippen LogP contribution is -2.36. The lowest BCUT2D eigenvalue weighted by molar-refractivity contribution is 0.342.